The normalized spacial score (nSPS) is 32.6. The highest BCUT2D eigenvalue weighted by atomic mass is 35.5. The Labute approximate surface area is 134 Å². The molecule has 4 N–H and O–H groups in total. The molecule has 2 bridgehead atoms. The highest BCUT2D eigenvalue weighted by Gasteiger charge is 2.44. The summed E-state index contributed by atoms with van der Waals surface area (Å²) in [6.45, 7) is 2.70. The Kier molecular flexibility index (Phi) is 3.33. The molecule has 1 amide bonds. The van der Waals surface area contributed by atoms with E-state index in [1.165, 1.54) is 0 Å². The third-order valence-electron chi connectivity index (χ3n) is 5.44. The number of nitrogens with zero attached hydrogens (tertiary/aromatic N) is 1. The second-order valence-electron chi connectivity index (χ2n) is 6.48. The van der Waals surface area contributed by atoms with Gasteiger partial charge in [-0.1, -0.05) is 11.6 Å². The molecule has 1 aromatic rings. The van der Waals surface area contributed by atoms with Crippen LogP contribution in [0.3, 0.4) is 0 Å². The molecule has 118 valence electrons. The average Bonchev–Trinajstić information content (AvgIpc) is 2.98. The number of carbonyl (C=O) groups excluding carboxylic acids is 1. The largest absolute Gasteiger partial charge is 0.492 e. The lowest BCUT2D eigenvalue weighted by atomic mass is 9.72. The van der Waals surface area contributed by atoms with Crippen molar-refractivity contribution >= 4 is 17.5 Å². The molecule has 5 rings (SSSR count). The monoisotopic (exact) mass is 321 g/mol. The minimum atomic E-state index is -0.496. The van der Waals surface area contributed by atoms with E-state index in [1.807, 2.05) is 0 Å². The Morgan fingerprint density at radius 3 is 2.73 bits per heavy atom. The molecule has 3 fully saturated rings. The lowest BCUT2D eigenvalue weighted by Gasteiger charge is -2.50. The molecule has 2 unspecified atom stereocenters. The Balaban J connectivity index is 1.86. The number of amides is 1. The van der Waals surface area contributed by atoms with Crippen molar-refractivity contribution in [2.45, 2.75) is 31.3 Å². The molecule has 4 heterocycles. The van der Waals surface area contributed by atoms with Crippen LogP contribution in [0.2, 0.25) is 5.02 Å². The van der Waals surface area contributed by atoms with E-state index in [0.29, 0.717) is 28.9 Å². The van der Waals surface area contributed by atoms with Gasteiger partial charge >= 0.3 is 0 Å². The molecule has 0 saturated carbocycles. The zero-order valence-corrected chi connectivity index (χ0v) is 13.1. The molecule has 0 spiro atoms. The predicted molar refractivity (Wildman–Crippen MR) is 84.2 cm³/mol. The summed E-state index contributed by atoms with van der Waals surface area (Å²) in [6.07, 6.45) is 3.07. The fourth-order valence-corrected chi connectivity index (χ4v) is 4.75. The number of fused-ring (bicyclic) bond motifs is 4. The Morgan fingerprint density at radius 1 is 1.36 bits per heavy atom. The molecule has 5 nitrogen and oxygen atoms in total. The second kappa shape index (κ2) is 5.11. The Hall–Kier alpha value is -1.30. The van der Waals surface area contributed by atoms with Crippen LogP contribution in [0.1, 0.15) is 40.2 Å². The van der Waals surface area contributed by atoms with Gasteiger partial charge in [0.25, 0.3) is 5.91 Å². The van der Waals surface area contributed by atoms with Crippen molar-refractivity contribution in [2.24, 2.45) is 17.4 Å². The standard InChI is InChI=1S/C16H20ClN3O2/c17-11-7-10(16(19)21)14-9(3-6-22-14)13(11)12-8-1-4-20(5-2-8)15(12)18/h7-8,12,15H,1-6,18H2,(H2,19,21). The van der Waals surface area contributed by atoms with Crippen molar-refractivity contribution in [2.75, 3.05) is 19.7 Å². The maximum atomic E-state index is 11.6. The summed E-state index contributed by atoms with van der Waals surface area (Å²) in [5, 5.41) is 0.604. The molecule has 0 aromatic heterocycles. The number of benzene rings is 1. The number of primary amides is 1. The van der Waals surface area contributed by atoms with Crippen molar-refractivity contribution in [3.63, 3.8) is 0 Å². The third kappa shape index (κ3) is 1.96. The number of nitrogens with two attached hydrogens (primary N) is 2. The maximum absolute atomic E-state index is 11.6. The van der Waals surface area contributed by atoms with Gasteiger partial charge in [-0.05, 0) is 43.5 Å². The van der Waals surface area contributed by atoms with Crippen molar-refractivity contribution in [3.05, 3.63) is 27.8 Å². The van der Waals surface area contributed by atoms with E-state index in [1.54, 1.807) is 6.07 Å². The number of hydrogen-bond acceptors (Lipinski definition) is 4. The van der Waals surface area contributed by atoms with E-state index in [-0.39, 0.29) is 12.1 Å². The van der Waals surface area contributed by atoms with Gasteiger partial charge in [0.2, 0.25) is 0 Å². The van der Waals surface area contributed by atoms with Crippen LogP contribution in [0.5, 0.6) is 5.75 Å². The number of halogens is 1. The first-order valence-corrected chi connectivity index (χ1v) is 8.23. The molecule has 2 atom stereocenters. The van der Waals surface area contributed by atoms with Crippen molar-refractivity contribution < 1.29 is 9.53 Å². The summed E-state index contributed by atoms with van der Waals surface area (Å²) in [4.78, 5) is 14.0. The fraction of sp³-hybridized carbons (Fsp3) is 0.562. The van der Waals surface area contributed by atoms with Crippen LogP contribution >= 0.6 is 11.6 Å². The minimum absolute atomic E-state index is 0.00544. The van der Waals surface area contributed by atoms with E-state index in [4.69, 9.17) is 27.8 Å². The maximum Gasteiger partial charge on any atom is 0.252 e. The van der Waals surface area contributed by atoms with Gasteiger partial charge < -0.3 is 16.2 Å². The number of rotatable bonds is 2. The molecule has 1 aromatic carbocycles. The SMILES string of the molecule is NC(=O)c1cc(Cl)c(C2C3CCN(CC3)C2N)c2c1OCC2. The summed E-state index contributed by atoms with van der Waals surface area (Å²) in [5.41, 5.74) is 14.5. The first kappa shape index (κ1) is 14.3. The minimum Gasteiger partial charge on any atom is -0.492 e. The van der Waals surface area contributed by atoms with Crippen LogP contribution < -0.4 is 16.2 Å². The molecule has 3 saturated heterocycles. The van der Waals surface area contributed by atoms with Gasteiger partial charge in [0.15, 0.2) is 0 Å². The number of carbonyl (C=O) groups is 1. The summed E-state index contributed by atoms with van der Waals surface area (Å²) < 4.78 is 5.68. The number of ether oxygens (including phenoxy) is 1. The smallest absolute Gasteiger partial charge is 0.252 e. The van der Waals surface area contributed by atoms with E-state index < -0.39 is 5.91 Å². The Bertz CT molecular complexity index is 639. The third-order valence-corrected chi connectivity index (χ3v) is 5.75. The predicted octanol–water partition coefficient (Wildman–Crippen LogP) is 1.47. The van der Waals surface area contributed by atoms with Crippen LogP contribution in [0.15, 0.2) is 6.07 Å². The van der Waals surface area contributed by atoms with E-state index in [9.17, 15) is 4.79 Å². The quantitative estimate of drug-likeness (QED) is 0.864. The molecule has 0 aliphatic carbocycles. The van der Waals surface area contributed by atoms with Crippen LogP contribution in [-0.4, -0.2) is 36.7 Å². The van der Waals surface area contributed by atoms with Gasteiger partial charge in [-0.15, -0.1) is 0 Å². The lowest BCUT2D eigenvalue weighted by molar-refractivity contribution is 0.0285. The van der Waals surface area contributed by atoms with Crippen LogP contribution in [0, 0.1) is 5.92 Å². The van der Waals surface area contributed by atoms with Gasteiger partial charge in [-0.25, -0.2) is 0 Å². The van der Waals surface area contributed by atoms with Crippen molar-refractivity contribution in [1.82, 2.24) is 4.90 Å². The molecular formula is C16H20ClN3O2. The summed E-state index contributed by atoms with van der Waals surface area (Å²) in [5.74, 6) is 0.898. The lowest BCUT2D eigenvalue weighted by Crippen LogP contribution is -2.57. The number of piperidine rings is 3. The molecule has 4 aliphatic heterocycles. The van der Waals surface area contributed by atoms with E-state index >= 15 is 0 Å². The first-order chi connectivity index (χ1) is 10.6. The molecule has 6 heteroatoms. The van der Waals surface area contributed by atoms with E-state index in [2.05, 4.69) is 4.90 Å². The van der Waals surface area contributed by atoms with Gasteiger partial charge in [0.05, 0.1) is 18.3 Å². The summed E-state index contributed by atoms with van der Waals surface area (Å²) >= 11 is 6.56. The highest BCUT2D eigenvalue weighted by Crippen LogP contribution is 2.48. The van der Waals surface area contributed by atoms with Crippen molar-refractivity contribution in [1.29, 1.82) is 0 Å². The van der Waals surface area contributed by atoms with Gasteiger partial charge in [-0.2, -0.15) is 0 Å². The summed E-state index contributed by atoms with van der Waals surface area (Å²) in [7, 11) is 0. The zero-order valence-electron chi connectivity index (χ0n) is 12.3. The van der Waals surface area contributed by atoms with E-state index in [0.717, 1.165) is 43.5 Å². The van der Waals surface area contributed by atoms with Gasteiger partial charge in [-0.3, -0.25) is 9.69 Å². The first-order valence-electron chi connectivity index (χ1n) is 7.85. The Morgan fingerprint density at radius 2 is 2.09 bits per heavy atom. The van der Waals surface area contributed by atoms with Crippen LogP contribution in [-0.2, 0) is 6.42 Å². The van der Waals surface area contributed by atoms with Gasteiger partial charge in [0, 0.05) is 22.9 Å². The average molecular weight is 322 g/mol. The summed E-state index contributed by atoms with van der Waals surface area (Å²) in [6, 6.07) is 1.66. The molecule has 22 heavy (non-hydrogen) atoms. The fourth-order valence-electron chi connectivity index (χ4n) is 4.40. The van der Waals surface area contributed by atoms with Crippen LogP contribution in [0.4, 0.5) is 0 Å². The second-order valence-corrected chi connectivity index (χ2v) is 6.89. The number of hydrogen-bond donors (Lipinski definition) is 2. The van der Waals surface area contributed by atoms with Crippen molar-refractivity contribution in [3.8, 4) is 5.75 Å². The topological polar surface area (TPSA) is 81.6 Å². The highest BCUT2D eigenvalue weighted by molar-refractivity contribution is 6.32. The molecule has 0 radical (unpaired) electrons. The molecule has 4 aliphatic rings. The van der Waals surface area contributed by atoms with Gasteiger partial charge in [0.1, 0.15) is 5.75 Å². The molecular weight excluding hydrogens is 302 g/mol. The van der Waals surface area contributed by atoms with Crippen LogP contribution in [0.25, 0.3) is 0 Å². The zero-order chi connectivity index (χ0) is 15.4.